The number of anilines is 1. The number of methoxy groups -OCH3 is 1. The fraction of sp³-hybridized carbons (Fsp3) is 0.158. The van der Waals surface area contributed by atoms with Crippen LogP contribution in [0.4, 0.5) is 18.9 Å². The van der Waals surface area contributed by atoms with Crippen LogP contribution in [0, 0.1) is 0 Å². The van der Waals surface area contributed by atoms with Gasteiger partial charge in [0.15, 0.2) is 0 Å². The molecule has 2 amide bonds. The number of carbonyl (C=O) groups is 2. The monoisotopic (exact) mass is 392 g/mol. The number of nitrogens with one attached hydrogen (secondary N) is 1. The van der Waals surface area contributed by atoms with Crippen LogP contribution in [0.2, 0.25) is 0 Å². The summed E-state index contributed by atoms with van der Waals surface area (Å²) in [5.41, 5.74) is 0.701. The Bertz CT molecular complexity index is 952. The van der Waals surface area contributed by atoms with Crippen LogP contribution in [0.3, 0.4) is 0 Å². The van der Waals surface area contributed by atoms with E-state index in [1.54, 1.807) is 24.3 Å². The topological polar surface area (TPSA) is 67.9 Å². The molecule has 0 spiro atoms. The molecule has 0 saturated heterocycles. The Labute approximate surface area is 158 Å². The second-order valence-corrected chi connectivity index (χ2v) is 5.85. The zero-order valence-electron chi connectivity index (χ0n) is 14.8. The summed E-state index contributed by atoms with van der Waals surface area (Å²) >= 11 is 0. The maximum atomic E-state index is 12.5. The van der Waals surface area contributed by atoms with Gasteiger partial charge in [0.1, 0.15) is 17.2 Å². The second-order valence-electron chi connectivity index (χ2n) is 5.85. The van der Waals surface area contributed by atoms with Crippen molar-refractivity contribution >= 4 is 23.1 Å². The van der Waals surface area contributed by atoms with Gasteiger partial charge in [-0.05, 0) is 29.8 Å². The molecule has 2 aromatic carbocycles. The molecule has 0 bridgehead atoms. The van der Waals surface area contributed by atoms with Crippen LogP contribution in [-0.2, 0) is 9.59 Å². The maximum Gasteiger partial charge on any atom is 0.573 e. The molecule has 0 saturated carbocycles. The van der Waals surface area contributed by atoms with Gasteiger partial charge < -0.3 is 14.8 Å². The van der Waals surface area contributed by atoms with Crippen LogP contribution < -0.4 is 14.8 Å². The van der Waals surface area contributed by atoms with Crippen molar-refractivity contribution in [2.75, 3.05) is 19.5 Å². The summed E-state index contributed by atoms with van der Waals surface area (Å²) in [7, 11) is 2.82. The standard InChI is InChI=1S/C19H15F3N2O4/c1-24-17(25)15(11-6-8-13(27-2)9-7-11)16(18(24)26)23-12-4-3-5-14(10-12)28-19(20,21)22/h3-10,23H,1-2H3. The van der Waals surface area contributed by atoms with Gasteiger partial charge in [0.25, 0.3) is 11.8 Å². The minimum atomic E-state index is -4.84. The molecule has 2 aromatic rings. The van der Waals surface area contributed by atoms with E-state index in [0.717, 1.165) is 17.0 Å². The first-order valence-corrected chi connectivity index (χ1v) is 8.03. The number of amides is 2. The van der Waals surface area contributed by atoms with Gasteiger partial charge in [-0.3, -0.25) is 14.5 Å². The lowest BCUT2D eigenvalue weighted by atomic mass is 10.0. The van der Waals surface area contributed by atoms with Crippen LogP contribution in [0.5, 0.6) is 11.5 Å². The van der Waals surface area contributed by atoms with Gasteiger partial charge in [-0.2, -0.15) is 0 Å². The fourth-order valence-electron chi connectivity index (χ4n) is 2.70. The number of imide groups is 1. The molecule has 6 nitrogen and oxygen atoms in total. The molecule has 9 heteroatoms. The SMILES string of the molecule is COc1ccc(C2=C(Nc3cccc(OC(F)(F)F)c3)C(=O)N(C)C2=O)cc1. The van der Waals surface area contributed by atoms with Crippen LogP contribution in [-0.4, -0.2) is 37.2 Å². The zero-order chi connectivity index (χ0) is 20.5. The molecule has 0 aliphatic carbocycles. The van der Waals surface area contributed by atoms with E-state index in [1.807, 2.05) is 0 Å². The van der Waals surface area contributed by atoms with Crippen LogP contribution in [0.15, 0.2) is 54.2 Å². The highest BCUT2D eigenvalue weighted by Crippen LogP contribution is 2.32. The molecule has 1 heterocycles. The summed E-state index contributed by atoms with van der Waals surface area (Å²) in [4.78, 5) is 25.9. The molecule has 146 valence electrons. The van der Waals surface area contributed by atoms with Crippen molar-refractivity contribution in [1.29, 1.82) is 0 Å². The second kappa shape index (κ2) is 7.26. The van der Waals surface area contributed by atoms with Crippen molar-refractivity contribution in [2.24, 2.45) is 0 Å². The van der Waals surface area contributed by atoms with Crippen molar-refractivity contribution in [1.82, 2.24) is 4.90 Å². The Hall–Kier alpha value is -3.49. The van der Waals surface area contributed by atoms with Gasteiger partial charge in [0.2, 0.25) is 0 Å². The molecular formula is C19H15F3N2O4. The summed E-state index contributed by atoms with van der Waals surface area (Å²) in [6.45, 7) is 0. The van der Waals surface area contributed by atoms with Gasteiger partial charge in [-0.15, -0.1) is 13.2 Å². The summed E-state index contributed by atoms with van der Waals surface area (Å²) in [5, 5.41) is 2.74. The van der Waals surface area contributed by atoms with Gasteiger partial charge in [-0.25, -0.2) is 0 Å². The number of hydrogen-bond donors (Lipinski definition) is 1. The number of halogens is 3. The number of benzene rings is 2. The highest BCUT2D eigenvalue weighted by atomic mass is 19.4. The summed E-state index contributed by atoms with van der Waals surface area (Å²) in [5.74, 6) is -1.01. The predicted octanol–water partition coefficient (Wildman–Crippen LogP) is 3.42. The fourth-order valence-corrected chi connectivity index (χ4v) is 2.70. The lowest BCUT2D eigenvalue weighted by molar-refractivity contribution is -0.274. The van der Waals surface area contributed by atoms with E-state index in [4.69, 9.17) is 4.74 Å². The van der Waals surface area contributed by atoms with Crippen molar-refractivity contribution in [3.05, 3.63) is 59.8 Å². The molecule has 0 fully saturated rings. The number of hydrogen-bond acceptors (Lipinski definition) is 5. The molecule has 3 rings (SSSR count). The summed E-state index contributed by atoms with van der Waals surface area (Å²) < 4.78 is 46.2. The van der Waals surface area contributed by atoms with Crippen LogP contribution in [0.25, 0.3) is 5.57 Å². The van der Waals surface area contributed by atoms with Gasteiger partial charge in [0, 0.05) is 18.8 Å². The number of alkyl halides is 3. The molecule has 28 heavy (non-hydrogen) atoms. The van der Waals surface area contributed by atoms with Crippen molar-refractivity contribution in [3.63, 3.8) is 0 Å². The van der Waals surface area contributed by atoms with Gasteiger partial charge in [-0.1, -0.05) is 18.2 Å². The molecular weight excluding hydrogens is 377 g/mol. The Morgan fingerprint density at radius 3 is 2.25 bits per heavy atom. The van der Waals surface area contributed by atoms with E-state index in [2.05, 4.69) is 10.1 Å². The molecule has 0 atom stereocenters. The Morgan fingerprint density at radius 2 is 1.64 bits per heavy atom. The first kappa shape index (κ1) is 19.3. The number of rotatable bonds is 5. The molecule has 1 aliphatic rings. The number of carbonyl (C=O) groups excluding carboxylic acids is 2. The van der Waals surface area contributed by atoms with Crippen LogP contribution >= 0.6 is 0 Å². The highest BCUT2D eigenvalue weighted by Gasteiger charge is 2.37. The molecule has 1 aliphatic heterocycles. The first-order chi connectivity index (χ1) is 13.2. The minimum absolute atomic E-state index is 0.0400. The van der Waals surface area contributed by atoms with E-state index in [1.165, 1.54) is 26.3 Å². The lowest BCUT2D eigenvalue weighted by Gasteiger charge is -2.12. The Morgan fingerprint density at radius 1 is 0.964 bits per heavy atom. The van der Waals surface area contributed by atoms with Gasteiger partial charge >= 0.3 is 6.36 Å². The van der Waals surface area contributed by atoms with E-state index in [9.17, 15) is 22.8 Å². The molecule has 1 N–H and O–H groups in total. The molecule has 0 radical (unpaired) electrons. The largest absolute Gasteiger partial charge is 0.573 e. The highest BCUT2D eigenvalue weighted by molar-refractivity contribution is 6.36. The number of nitrogens with zero attached hydrogens (tertiary/aromatic N) is 1. The third-order valence-corrected chi connectivity index (χ3v) is 4.00. The first-order valence-electron chi connectivity index (χ1n) is 8.03. The maximum absolute atomic E-state index is 12.5. The third kappa shape index (κ3) is 3.93. The van der Waals surface area contributed by atoms with E-state index in [-0.39, 0.29) is 17.0 Å². The average Bonchev–Trinajstić information content (AvgIpc) is 2.85. The van der Waals surface area contributed by atoms with Crippen molar-refractivity contribution < 1.29 is 32.2 Å². The molecule has 0 aromatic heterocycles. The average molecular weight is 392 g/mol. The van der Waals surface area contributed by atoms with E-state index in [0.29, 0.717) is 11.3 Å². The van der Waals surface area contributed by atoms with E-state index < -0.39 is 23.9 Å². The molecule has 0 unspecified atom stereocenters. The lowest BCUT2D eigenvalue weighted by Crippen LogP contribution is -2.27. The number of ether oxygens (including phenoxy) is 2. The Balaban J connectivity index is 1.98. The van der Waals surface area contributed by atoms with E-state index >= 15 is 0 Å². The smallest absolute Gasteiger partial charge is 0.497 e. The van der Waals surface area contributed by atoms with Gasteiger partial charge in [0.05, 0.1) is 12.7 Å². The number of likely N-dealkylation sites (N-methyl/N-ethyl adjacent to an activating group) is 1. The minimum Gasteiger partial charge on any atom is -0.497 e. The van der Waals surface area contributed by atoms with Crippen LogP contribution in [0.1, 0.15) is 5.56 Å². The zero-order valence-corrected chi connectivity index (χ0v) is 14.8. The third-order valence-electron chi connectivity index (χ3n) is 4.00. The van der Waals surface area contributed by atoms with Crippen molar-refractivity contribution in [2.45, 2.75) is 6.36 Å². The summed E-state index contributed by atoms with van der Waals surface area (Å²) in [6, 6.07) is 11.5. The van der Waals surface area contributed by atoms with Crippen molar-refractivity contribution in [3.8, 4) is 11.5 Å². The predicted molar refractivity (Wildman–Crippen MR) is 94.4 cm³/mol. The quantitative estimate of drug-likeness (QED) is 0.790. The Kier molecular flexibility index (Phi) is 5.00. The summed E-state index contributed by atoms with van der Waals surface area (Å²) in [6.07, 6.45) is -4.84. The normalized spacial score (nSPS) is 14.5.